The molecular weight excluding hydrogens is 218 g/mol. The van der Waals surface area contributed by atoms with E-state index in [1.54, 1.807) is 30.2 Å². The van der Waals surface area contributed by atoms with Crippen LogP contribution in [0.25, 0.3) is 0 Å². The van der Waals surface area contributed by atoms with Gasteiger partial charge in [-0.15, -0.1) is 0 Å². The topological polar surface area (TPSA) is 75.6 Å². The van der Waals surface area contributed by atoms with E-state index in [2.05, 4.69) is 20.6 Å². The van der Waals surface area contributed by atoms with Crippen molar-refractivity contribution in [1.29, 1.82) is 0 Å². The molecular formula is C11H15N5O. The van der Waals surface area contributed by atoms with E-state index in [1.165, 1.54) is 0 Å². The van der Waals surface area contributed by atoms with Crippen molar-refractivity contribution in [3.8, 4) is 0 Å². The summed E-state index contributed by atoms with van der Waals surface area (Å²) in [6.45, 7) is 3.77. The quantitative estimate of drug-likeness (QED) is 0.828. The lowest BCUT2D eigenvalue weighted by Gasteiger charge is -2.11. The van der Waals surface area contributed by atoms with Crippen molar-refractivity contribution in [1.82, 2.24) is 25.3 Å². The van der Waals surface area contributed by atoms with E-state index < -0.39 is 0 Å². The highest BCUT2D eigenvalue weighted by atomic mass is 16.2. The second-order valence-electron chi connectivity index (χ2n) is 4.02. The largest absolute Gasteiger partial charge is 0.344 e. The minimum absolute atomic E-state index is 0.0866. The number of hydrogen-bond acceptors (Lipinski definition) is 3. The van der Waals surface area contributed by atoms with E-state index in [9.17, 15) is 4.79 Å². The zero-order chi connectivity index (χ0) is 12.4. The molecule has 0 aromatic carbocycles. The maximum atomic E-state index is 12.0. The summed E-state index contributed by atoms with van der Waals surface area (Å²) in [4.78, 5) is 12.0. The summed E-state index contributed by atoms with van der Waals surface area (Å²) in [6.07, 6.45) is 3.46. The summed E-state index contributed by atoms with van der Waals surface area (Å²) in [6, 6.07) is 1.67. The van der Waals surface area contributed by atoms with Crippen molar-refractivity contribution >= 4 is 5.91 Å². The van der Waals surface area contributed by atoms with E-state index >= 15 is 0 Å². The lowest BCUT2D eigenvalue weighted by Crippen LogP contribution is -2.28. The first-order chi connectivity index (χ1) is 8.08. The first-order valence-corrected chi connectivity index (χ1v) is 5.38. The van der Waals surface area contributed by atoms with Crippen molar-refractivity contribution in [3.05, 3.63) is 35.4 Å². The van der Waals surface area contributed by atoms with Crippen LogP contribution in [-0.2, 0) is 7.05 Å². The van der Waals surface area contributed by atoms with Crippen LogP contribution in [0, 0.1) is 6.92 Å². The number of aryl methyl sites for hydroxylation is 2. The van der Waals surface area contributed by atoms with E-state index in [0.29, 0.717) is 5.69 Å². The number of carbonyl (C=O) groups excluding carboxylic acids is 1. The Labute approximate surface area is 99.0 Å². The highest BCUT2D eigenvalue weighted by Crippen LogP contribution is 2.10. The Bertz CT molecular complexity index is 514. The van der Waals surface area contributed by atoms with Gasteiger partial charge < -0.3 is 5.32 Å². The van der Waals surface area contributed by atoms with E-state index in [-0.39, 0.29) is 11.9 Å². The third-order valence-corrected chi connectivity index (χ3v) is 2.60. The van der Waals surface area contributed by atoms with Gasteiger partial charge in [-0.25, -0.2) is 0 Å². The Kier molecular flexibility index (Phi) is 2.95. The molecule has 6 heteroatoms. The van der Waals surface area contributed by atoms with Crippen LogP contribution in [0.3, 0.4) is 0 Å². The van der Waals surface area contributed by atoms with Crippen molar-refractivity contribution in [2.24, 2.45) is 7.05 Å². The van der Waals surface area contributed by atoms with Crippen molar-refractivity contribution in [3.63, 3.8) is 0 Å². The smallest absolute Gasteiger partial charge is 0.270 e. The Morgan fingerprint density at radius 1 is 1.59 bits per heavy atom. The summed E-state index contributed by atoms with van der Waals surface area (Å²) < 4.78 is 1.58. The maximum absolute atomic E-state index is 12.0. The summed E-state index contributed by atoms with van der Waals surface area (Å²) in [7, 11) is 1.75. The van der Waals surface area contributed by atoms with Crippen LogP contribution in [-0.4, -0.2) is 25.9 Å². The molecule has 1 amide bonds. The molecule has 0 fully saturated rings. The molecule has 0 radical (unpaired) electrons. The number of nitrogens with one attached hydrogen (secondary N) is 2. The highest BCUT2D eigenvalue weighted by molar-refractivity contribution is 5.92. The van der Waals surface area contributed by atoms with Crippen molar-refractivity contribution in [2.75, 3.05) is 0 Å². The fraction of sp³-hybridized carbons (Fsp3) is 0.364. The molecule has 2 N–H and O–H groups in total. The number of aromatic amines is 1. The zero-order valence-electron chi connectivity index (χ0n) is 10.1. The molecule has 2 aromatic rings. The van der Waals surface area contributed by atoms with Crippen molar-refractivity contribution < 1.29 is 4.79 Å². The minimum atomic E-state index is -0.137. The lowest BCUT2D eigenvalue weighted by atomic mass is 10.2. The van der Waals surface area contributed by atoms with Gasteiger partial charge in [0.05, 0.1) is 17.9 Å². The predicted octanol–water partition coefficient (Wildman–Crippen LogP) is 0.943. The number of carbonyl (C=O) groups is 1. The fourth-order valence-electron chi connectivity index (χ4n) is 1.67. The van der Waals surface area contributed by atoms with Gasteiger partial charge in [0.2, 0.25) is 0 Å². The van der Waals surface area contributed by atoms with Gasteiger partial charge in [0, 0.05) is 18.8 Å². The van der Waals surface area contributed by atoms with Crippen molar-refractivity contribution in [2.45, 2.75) is 19.9 Å². The molecule has 17 heavy (non-hydrogen) atoms. The summed E-state index contributed by atoms with van der Waals surface area (Å²) in [5.74, 6) is -0.137. The number of amides is 1. The molecule has 2 rings (SSSR count). The molecule has 0 spiro atoms. The normalized spacial score (nSPS) is 12.4. The first-order valence-electron chi connectivity index (χ1n) is 5.38. The number of nitrogens with zero attached hydrogens (tertiary/aromatic N) is 3. The van der Waals surface area contributed by atoms with Gasteiger partial charge in [-0.05, 0) is 19.9 Å². The SMILES string of the molecule is Cc1cc(C(=O)NC(C)c2cn[nH]c2)n(C)n1. The Morgan fingerprint density at radius 3 is 2.88 bits per heavy atom. The van der Waals surface area contributed by atoms with E-state index in [0.717, 1.165) is 11.3 Å². The second-order valence-corrected chi connectivity index (χ2v) is 4.02. The van der Waals surface area contributed by atoms with E-state index in [1.807, 2.05) is 13.8 Å². The van der Waals surface area contributed by atoms with Gasteiger partial charge in [0.1, 0.15) is 5.69 Å². The van der Waals surface area contributed by atoms with Crippen LogP contribution >= 0.6 is 0 Å². The third kappa shape index (κ3) is 2.35. The van der Waals surface area contributed by atoms with Crippen LogP contribution in [0.4, 0.5) is 0 Å². The summed E-state index contributed by atoms with van der Waals surface area (Å²) in [5.41, 5.74) is 2.32. The van der Waals surface area contributed by atoms with Gasteiger partial charge in [-0.1, -0.05) is 0 Å². The maximum Gasteiger partial charge on any atom is 0.270 e. The van der Waals surface area contributed by atoms with Crippen LogP contribution < -0.4 is 5.32 Å². The molecule has 6 nitrogen and oxygen atoms in total. The molecule has 0 aliphatic rings. The molecule has 0 saturated carbocycles. The van der Waals surface area contributed by atoms with Crippen LogP contribution in [0.1, 0.15) is 34.7 Å². The summed E-state index contributed by atoms with van der Waals surface area (Å²) >= 11 is 0. The molecule has 0 bridgehead atoms. The zero-order valence-corrected chi connectivity index (χ0v) is 10.1. The fourth-order valence-corrected chi connectivity index (χ4v) is 1.67. The van der Waals surface area contributed by atoms with Gasteiger partial charge in [-0.2, -0.15) is 10.2 Å². The average molecular weight is 233 g/mol. The molecule has 2 heterocycles. The first kappa shape index (κ1) is 11.4. The minimum Gasteiger partial charge on any atom is -0.344 e. The molecule has 1 unspecified atom stereocenters. The monoisotopic (exact) mass is 233 g/mol. The van der Waals surface area contributed by atoms with Crippen LogP contribution in [0.2, 0.25) is 0 Å². The summed E-state index contributed by atoms with van der Waals surface area (Å²) in [5, 5.41) is 13.6. The second kappa shape index (κ2) is 4.40. The Balaban J connectivity index is 2.09. The lowest BCUT2D eigenvalue weighted by molar-refractivity contribution is 0.0930. The van der Waals surface area contributed by atoms with Gasteiger partial charge in [-0.3, -0.25) is 14.6 Å². The molecule has 0 saturated heterocycles. The molecule has 0 aliphatic carbocycles. The highest BCUT2D eigenvalue weighted by Gasteiger charge is 2.15. The van der Waals surface area contributed by atoms with E-state index in [4.69, 9.17) is 0 Å². The molecule has 2 aromatic heterocycles. The van der Waals surface area contributed by atoms with Gasteiger partial charge in [0.15, 0.2) is 0 Å². The molecule has 0 aliphatic heterocycles. The van der Waals surface area contributed by atoms with Crippen LogP contribution in [0.5, 0.6) is 0 Å². The third-order valence-electron chi connectivity index (χ3n) is 2.60. The number of H-pyrrole nitrogens is 1. The number of aromatic nitrogens is 4. The number of rotatable bonds is 3. The molecule has 90 valence electrons. The standard InChI is InChI=1S/C11H15N5O/c1-7-4-10(16(3)15-7)11(17)14-8(2)9-5-12-13-6-9/h4-6,8H,1-3H3,(H,12,13)(H,14,17). The Morgan fingerprint density at radius 2 is 2.35 bits per heavy atom. The van der Waals surface area contributed by atoms with Crippen LogP contribution in [0.15, 0.2) is 18.5 Å². The predicted molar refractivity (Wildman–Crippen MR) is 62.4 cm³/mol. The molecule has 1 atom stereocenters. The number of hydrogen-bond donors (Lipinski definition) is 2. The van der Waals surface area contributed by atoms with Gasteiger partial charge in [0.25, 0.3) is 5.91 Å². The van der Waals surface area contributed by atoms with Gasteiger partial charge >= 0.3 is 0 Å². The Hall–Kier alpha value is -2.11. The average Bonchev–Trinajstić information content (AvgIpc) is 2.87.